The molecule has 0 aliphatic heterocycles. The van der Waals surface area contributed by atoms with Gasteiger partial charge in [0, 0.05) is 22.8 Å². The van der Waals surface area contributed by atoms with E-state index in [1.807, 2.05) is 54.6 Å². The zero-order valence-electron chi connectivity index (χ0n) is 12.7. The molecule has 0 aliphatic rings. The number of nitrogens with one attached hydrogen (secondary N) is 1. The number of rotatable bonds is 2. The van der Waals surface area contributed by atoms with E-state index < -0.39 is 0 Å². The SMILES string of the molecule is Cc1ccccc1Nc1ccc2c(c1)oc(=O)c1ccccc12. The third kappa shape index (κ3) is 2.36. The molecular weight excluding hydrogens is 286 g/mol. The van der Waals surface area contributed by atoms with Crippen LogP contribution in [0.3, 0.4) is 0 Å². The van der Waals surface area contributed by atoms with Crippen LogP contribution in [0.1, 0.15) is 5.56 Å². The van der Waals surface area contributed by atoms with Crippen LogP contribution in [0, 0.1) is 6.92 Å². The number of aryl methyl sites for hydroxylation is 1. The highest BCUT2D eigenvalue weighted by molar-refractivity contribution is 6.05. The highest BCUT2D eigenvalue weighted by Gasteiger charge is 2.07. The van der Waals surface area contributed by atoms with Gasteiger partial charge in [-0.1, -0.05) is 36.4 Å². The molecule has 0 atom stereocenters. The number of hydrogen-bond donors (Lipinski definition) is 1. The van der Waals surface area contributed by atoms with E-state index in [0.29, 0.717) is 11.0 Å². The maximum atomic E-state index is 12.1. The second-order valence-electron chi connectivity index (χ2n) is 5.59. The summed E-state index contributed by atoms with van der Waals surface area (Å²) in [7, 11) is 0. The van der Waals surface area contributed by atoms with Crippen LogP contribution in [-0.2, 0) is 0 Å². The Hall–Kier alpha value is -3.07. The van der Waals surface area contributed by atoms with Crippen molar-refractivity contribution in [2.45, 2.75) is 6.92 Å². The molecule has 3 nitrogen and oxygen atoms in total. The van der Waals surface area contributed by atoms with Gasteiger partial charge in [-0.15, -0.1) is 0 Å². The fourth-order valence-electron chi connectivity index (χ4n) is 2.83. The van der Waals surface area contributed by atoms with Gasteiger partial charge in [-0.05, 0) is 42.1 Å². The normalized spacial score (nSPS) is 11.0. The van der Waals surface area contributed by atoms with Crippen LogP contribution in [0.4, 0.5) is 11.4 Å². The van der Waals surface area contributed by atoms with E-state index >= 15 is 0 Å². The van der Waals surface area contributed by atoms with Gasteiger partial charge in [-0.2, -0.15) is 0 Å². The second-order valence-corrected chi connectivity index (χ2v) is 5.59. The van der Waals surface area contributed by atoms with E-state index in [9.17, 15) is 4.79 Å². The van der Waals surface area contributed by atoms with Crippen molar-refractivity contribution in [2.75, 3.05) is 5.32 Å². The lowest BCUT2D eigenvalue weighted by Gasteiger charge is -2.10. The Labute approximate surface area is 133 Å². The molecule has 3 aromatic carbocycles. The van der Waals surface area contributed by atoms with Gasteiger partial charge in [-0.25, -0.2) is 4.79 Å². The quantitative estimate of drug-likeness (QED) is 0.418. The first-order valence-corrected chi connectivity index (χ1v) is 7.51. The zero-order valence-corrected chi connectivity index (χ0v) is 12.7. The van der Waals surface area contributed by atoms with Crippen LogP contribution < -0.4 is 10.9 Å². The smallest absolute Gasteiger partial charge is 0.344 e. The zero-order chi connectivity index (χ0) is 15.8. The fourth-order valence-corrected chi connectivity index (χ4v) is 2.83. The minimum atomic E-state index is -0.304. The van der Waals surface area contributed by atoms with Crippen molar-refractivity contribution >= 4 is 33.1 Å². The third-order valence-corrected chi connectivity index (χ3v) is 4.05. The highest BCUT2D eigenvalue weighted by atomic mass is 16.4. The summed E-state index contributed by atoms with van der Waals surface area (Å²) in [6.07, 6.45) is 0. The van der Waals surface area contributed by atoms with Crippen LogP contribution in [-0.4, -0.2) is 0 Å². The molecule has 0 saturated carbocycles. The highest BCUT2D eigenvalue weighted by Crippen LogP contribution is 2.27. The number of benzene rings is 3. The van der Waals surface area contributed by atoms with Crippen molar-refractivity contribution in [3.8, 4) is 0 Å². The van der Waals surface area contributed by atoms with E-state index in [1.54, 1.807) is 6.07 Å². The van der Waals surface area contributed by atoms with Crippen LogP contribution in [0.5, 0.6) is 0 Å². The molecule has 0 saturated heterocycles. The molecule has 0 amide bonds. The molecule has 0 aliphatic carbocycles. The van der Waals surface area contributed by atoms with Crippen molar-refractivity contribution in [1.29, 1.82) is 0 Å². The molecule has 1 aromatic heterocycles. The van der Waals surface area contributed by atoms with E-state index in [0.717, 1.165) is 27.7 Å². The van der Waals surface area contributed by atoms with Gasteiger partial charge < -0.3 is 9.73 Å². The minimum Gasteiger partial charge on any atom is -0.422 e. The fraction of sp³-hybridized carbons (Fsp3) is 0.0500. The Bertz CT molecular complexity index is 1080. The van der Waals surface area contributed by atoms with Crippen LogP contribution in [0.2, 0.25) is 0 Å². The predicted molar refractivity (Wildman–Crippen MR) is 94.5 cm³/mol. The summed E-state index contributed by atoms with van der Waals surface area (Å²) in [6, 6.07) is 21.4. The van der Waals surface area contributed by atoms with Crippen molar-refractivity contribution in [1.82, 2.24) is 0 Å². The average Bonchev–Trinajstić information content (AvgIpc) is 2.57. The minimum absolute atomic E-state index is 0.304. The first kappa shape index (κ1) is 13.6. The van der Waals surface area contributed by atoms with Crippen molar-refractivity contribution in [3.05, 3.63) is 82.7 Å². The van der Waals surface area contributed by atoms with Gasteiger partial charge in [-0.3, -0.25) is 0 Å². The standard InChI is InChI=1S/C20H15NO2/c1-13-6-2-5-9-18(13)21-14-10-11-16-15-7-3-4-8-17(15)20(22)23-19(16)12-14/h2-12,21H,1H3. The van der Waals surface area contributed by atoms with Gasteiger partial charge >= 0.3 is 5.63 Å². The summed E-state index contributed by atoms with van der Waals surface area (Å²) in [5.41, 5.74) is 3.38. The first-order valence-electron chi connectivity index (χ1n) is 7.51. The van der Waals surface area contributed by atoms with Gasteiger partial charge in [0.1, 0.15) is 5.58 Å². The Kier molecular flexibility index (Phi) is 3.12. The molecule has 1 N–H and O–H groups in total. The summed E-state index contributed by atoms with van der Waals surface area (Å²) in [4.78, 5) is 12.1. The van der Waals surface area contributed by atoms with E-state index in [2.05, 4.69) is 18.3 Å². The van der Waals surface area contributed by atoms with Crippen LogP contribution in [0.25, 0.3) is 21.7 Å². The van der Waals surface area contributed by atoms with Gasteiger partial charge in [0.15, 0.2) is 0 Å². The summed E-state index contributed by atoms with van der Waals surface area (Å²) >= 11 is 0. The van der Waals surface area contributed by atoms with Gasteiger partial charge in [0.2, 0.25) is 0 Å². The third-order valence-electron chi connectivity index (χ3n) is 4.05. The van der Waals surface area contributed by atoms with Crippen LogP contribution >= 0.6 is 0 Å². The maximum absolute atomic E-state index is 12.1. The van der Waals surface area contributed by atoms with Gasteiger partial charge in [0.05, 0.1) is 5.39 Å². The Morgan fingerprint density at radius 1 is 0.826 bits per heavy atom. The lowest BCUT2D eigenvalue weighted by Crippen LogP contribution is -2.00. The molecule has 23 heavy (non-hydrogen) atoms. The topological polar surface area (TPSA) is 42.2 Å². The molecule has 1 heterocycles. The van der Waals surface area contributed by atoms with Gasteiger partial charge in [0.25, 0.3) is 0 Å². The lowest BCUT2D eigenvalue weighted by molar-refractivity contribution is 0.570. The second kappa shape index (κ2) is 5.29. The largest absolute Gasteiger partial charge is 0.422 e. The molecule has 0 fully saturated rings. The lowest BCUT2D eigenvalue weighted by atomic mass is 10.1. The summed E-state index contributed by atoms with van der Waals surface area (Å²) in [5, 5.41) is 5.84. The van der Waals surface area contributed by atoms with Crippen molar-refractivity contribution in [3.63, 3.8) is 0 Å². The monoisotopic (exact) mass is 301 g/mol. The molecular formula is C20H15NO2. The molecule has 0 unspecified atom stereocenters. The number of fused-ring (bicyclic) bond motifs is 3. The molecule has 0 radical (unpaired) electrons. The molecule has 0 spiro atoms. The van der Waals surface area contributed by atoms with E-state index in [-0.39, 0.29) is 5.63 Å². The Morgan fingerprint density at radius 3 is 2.39 bits per heavy atom. The molecule has 4 rings (SSSR count). The molecule has 4 aromatic rings. The number of hydrogen-bond acceptors (Lipinski definition) is 3. The van der Waals surface area contributed by atoms with E-state index in [1.165, 1.54) is 0 Å². The van der Waals surface area contributed by atoms with Crippen molar-refractivity contribution < 1.29 is 4.42 Å². The molecule has 112 valence electrons. The molecule has 3 heteroatoms. The Morgan fingerprint density at radius 2 is 1.57 bits per heavy atom. The summed E-state index contributed by atoms with van der Waals surface area (Å²) in [6.45, 7) is 2.05. The average molecular weight is 301 g/mol. The Balaban J connectivity index is 1.87. The van der Waals surface area contributed by atoms with Crippen molar-refractivity contribution in [2.24, 2.45) is 0 Å². The summed E-state index contributed by atoms with van der Waals surface area (Å²) in [5.74, 6) is 0. The maximum Gasteiger partial charge on any atom is 0.344 e. The first-order chi connectivity index (χ1) is 11.2. The predicted octanol–water partition coefficient (Wildman–Crippen LogP) is 5.00. The van der Waals surface area contributed by atoms with Crippen LogP contribution in [0.15, 0.2) is 75.9 Å². The molecule has 0 bridgehead atoms. The van der Waals surface area contributed by atoms with E-state index in [4.69, 9.17) is 4.42 Å². The summed E-state index contributed by atoms with van der Waals surface area (Å²) < 4.78 is 5.49. The number of para-hydroxylation sites is 1. The number of anilines is 2.